The molecule has 0 unspecified atom stereocenters. The summed E-state index contributed by atoms with van der Waals surface area (Å²) in [6, 6.07) is 19.7. The van der Waals surface area contributed by atoms with Gasteiger partial charge in [-0.1, -0.05) is 18.2 Å². The second-order valence-electron chi connectivity index (χ2n) is 9.16. The summed E-state index contributed by atoms with van der Waals surface area (Å²) in [4.78, 5) is 44.9. The van der Waals surface area contributed by atoms with E-state index in [4.69, 9.17) is 4.74 Å². The second kappa shape index (κ2) is 8.52. The molecule has 38 heavy (non-hydrogen) atoms. The molecule has 6 rings (SSSR count). The van der Waals surface area contributed by atoms with E-state index >= 15 is 0 Å². The van der Waals surface area contributed by atoms with Crippen molar-refractivity contribution in [2.24, 2.45) is 0 Å². The lowest BCUT2D eigenvalue weighted by Gasteiger charge is -2.26. The number of nitrogens with zero attached hydrogens (tertiary/aromatic N) is 3. The summed E-state index contributed by atoms with van der Waals surface area (Å²) < 4.78 is 20.5. The van der Waals surface area contributed by atoms with Crippen LogP contribution in [0.25, 0.3) is 21.8 Å². The fraction of sp³-hybridized carbons (Fsp3) is 0.103. The molecule has 9 heteroatoms. The van der Waals surface area contributed by atoms with E-state index < -0.39 is 23.2 Å². The average Bonchev–Trinajstić information content (AvgIpc) is 3.37. The van der Waals surface area contributed by atoms with Crippen LogP contribution in [0.1, 0.15) is 23.0 Å². The number of anilines is 2. The van der Waals surface area contributed by atoms with E-state index in [0.717, 1.165) is 5.39 Å². The number of fused-ring (bicyclic) bond motifs is 4. The predicted octanol–water partition coefficient (Wildman–Crippen LogP) is 4.70. The Morgan fingerprint density at radius 2 is 1.79 bits per heavy atom. The first-order valence-corrected chi connectivity index (χ1v) is 11.8. The molecule has 5 aromatic rings. The molecule has 1 aliphatic rings. The number of rotatable bonds is 5. The van der Waals surface area contributed by atoms with E-state index in [-0.39, 0.29) is 5.69 Å². The number of aromatic nitrogens is 2. The Balaban J connectivity index is 1.43. The highest BCUT2D eigenvalue weighted by Crippen LogP contribution is 2.45. The lowest BCUT2D eigenvalue weighted by atomic mass is 9.93. The van der Waals surface area contributed by atoms with Crippen LogP contribution in [-0.4, -0.2) is 34.9 Å². The first-order valence-electron chi connectivity index (χ1n) is 11.8. The maximum atomic E-state index is 13.9. The molecule has 3 aromatic carbocycles. The zero-order valence-electron chi connectivity index (χ0n) is 20.4. The van der Waals surface area contributed by atoms with Crippen LogP contribution in [-0.2, 0) is 15.1 Å². The minimum atomic E-state index is -1.47. The van der Waals surface area contributed by atoms with Crippen molar-refractivity contribution in [3.05, 3.63) is 96.1 Å². The van der Waals surface area contributed by atoms with E-state index in [2.05, 4.69) is 10.3 Å². The number of halogens is 1. The standard InChI is InChI=1S/C29H21FN4O4/c1-29(22-13-19(38-2)11-12-25(22)34(28(29)37)18-9-7-17(30)8-10-18)32-27(36)23-14-21-20-5-3-4-6-24(20)33(16-35)26(21)15-31-23/h3-16H,1-2H3,(H,32,36)/t29-/m0/s1. The summed E-state index contributed by atoms with van der Waals surface area (Å²) in [7, 11) is 1.51. The molecule has 1 aliphatic heterocycles. The van der Waals surface area contributed by atoms with Crippen molar-refractivity contribution >= 4 is 51.4 Å². The molecule has 0 bridgehead atoms. The van der Waals surface area contributed by atoms with Crippen LogP contribution in [0.3, 0.4) is 0 Å². The molecule has 8 nitrogen and oxygen atoms in total. The molecule has 0 fully saturated rings. The van der Waals surface area contributed by atoms with Crippen LogP contribution in [0.15, 0.2) is 79.0 Å². The third kappa shape index (κ3) is 3.36. The molecule has 1 N–H and O–H groups in total. The zero-order chi connectivity index (χ0) is 26.6. The Morgan fingerprint density at radius 3 is 2.53 bits per heavy atom. The molecule has 2 amide bonds. The molecule has 0 radical (unpaired) electrons. The third-order valence-corrected chi connectivity index (χ3v) is 7.00. The van der Waals surface area contributed by atoms with Crippen molar-refractivity contribution in [2.45, 2.75) is 12.5 Å². The van der Waals surface area contributed by atoms with Gasteiger partial charge in [-0.15, -0.1) is 0 Å². The summed E-state index contributed by atoms with van der Waals surface area (Å²) in [6.07, 6.45) is 2.18. The molecule has 0 aliphatic carbocycles. The van der Waals surface area contributed by atoms with Gasteiger partial charge < -0.3 is 10.1 Å². The van der Waals surface area contributed by atoms with Crippen LogP contribution in [0.2, 0.25) is 0 Å². The quantitative estimate of drug-likeness (QED) is 0.348. The zero-order valence-corrected chi connectivity index (χ0v) is 20.4. The normalized spacial score (nSPS) is 16.6. The summed E-state index contributed by atoms with van der Waals surface area (Å²) in [5, 5.41) is 4.36. The largest absolute Gasteiger partial charge is 0.497 e. The van der Waals surface area contributed by atoms with Gasteiger partial charge in [-0.05, 0) is 61.5 Å². The molecule has 2 aromatic heterocycles. The van der Waals surface area contributed by atoms with Gasteiger partial charge in [0.1, 0.15) is 22.8 Å². The van der Waals surface area contributed by atoms with Gasteiger partial charge in [0.25, 0.3) is 11.8 Å². The van der Waals surface area contributed by atoms with Crippen LogP contribution < -0.4 is 15.0 Å². The number of ether oxygens (including phenoxy) is 1. The maximum absolute atomic E-state index is 13.9. The number of hydrogen-bond acceptors (Lipinski definition) is 5. The minimum Gasteiger partial charge on any atom is -0.497 e. The highest BCUT2D eigenvalue weighted by Gasteiger charge is 2.49. The average molecular weight is 509 g/mol. The van der Waals surface area contributed by atoms with Crippen LogP contribution in [0.4, 0.5) is 15.8 Å². The van der Waals surface area contributed by atoms with Crippen molar-refractivity contribution in [3.63, 3.8) is 0 Å². The molecule has 1 atom stereocenters. The Kier molecular flexibility index (Phi) is 5.23. The number of hydrogen-bond donors (Lipinski definition) is 1. The Hall–Kier alpha value is -5.05. The third-order valence-electron chi connectivity index (χ3n) is 7.00. The van der Waals surface area contributed by atoms with Gasteiger partial charge in [-0.3, -0.25) is 23.9 Å². The van der Waals surface area contributed by atoms with Gasteiger partial charge in [0.05, 0.1) is 30.0 Å². The number of nitrogens with one attached hydrogen (secondary N) is 1. The first-order chi connectivity index (χ1) is 18.4. The number of methoxy groups -OCH3 is 1. The fourth-order valence-electron chi connectivity index (χ4n) is 5.08. The van der Waals surface area contributed by atoms with Gasteiger partial charge in [0.2, 0.25) is 6.41 Å². The van der Waals surface area contributed by atoms with Crippen LogP contribution in [0.5, 0.6) is 5.75 Å². The van der Waals surface area contributed by atoms with Crippen LogP contribution in [0, 0.1) is 5.82 Å². The Labute approximate surface area is 216 Å². The molecular weight excluding hydrogens is 487 g/mol. The number of para-hydroxylation sites is 1. The SMILES string of the molecule is COc1ccc2c(c1)[C@](C)(NC(=O)c1cc3c4ccccc4n(C=O)c3cn1)C(=O)N2c1ccc(F)cc1. The van der Waals surface area contributed by atoms with Crippen molar-refractivity contribution < 1.29 is 23.5 Å². The van der Waals surface area contributed by atoms with Crippen molar-refractivity contribution in [2.75, 3.05) is 12.0 Å². The molecule has 0 saturated heterocycles. The summed E-state index contributed by atoms with van der Waals surface area (Å²) in [6.45, 7) is 1.62. The minimum absolute atomic E-state index is 0.0880. The van der Waals surface area contributed by atoms with Gasteiger partial charge in [0.15, 0.2) is 0 Å². The number of benzene rings is 3. The summed E-state index contributed by atoms with van der Waals surface area (Å²) in [5.74, 6) is -0.900. The van der Waals surface area contributed by atoms with Crippen molar-refractivity contribution in [3.8, 4) is 5.75 Å². The van der Waals surface area contributed by atoms with E-state index in [1.54, 1.807) is 31.2 Å². The molecule has 3 heterocycles. The van der Waals surface area contributed by atoms with Gasteiger partial charge >= 0.3 is 0 Å². The van der Waals surface area contributed by atoms with Crippen molar-refractivity contribution in [1.82, 2.24) is 14.9 Å². The first kappa shape index (κ1) is 23.4. The van der Waals surface area contributed by atoms with E-state index in [1.165, 1.54) is 47.0 Å². The van der Waals surface area contributed by atoms with Crippen LogP contribution >= 0.6 is 0 Å². The molecular formula is C29H21FN4O4. The lowest BCUT2D eigenvalue weighted by molar-refractivity contribution is -0.122. The lowest BCUT2D eigenvalue weighted by Crippen LogP contribution is -2.50. The number of amides is 2. The summed E-state index contributed by atoms with van der Waals surface area (Å²) in [5.41, 5.74) is 1.42. The molecule has 0 spiro atoms. The smallest absolute Gasteiger partial charge is 0.271 e. The number of carbonyl (C=O) groups is 3. The Bertz CT molecular complexity index is 1780. The fourth-order valence-corrected chi connectivity index (χ4v) is 5.08. The number of carbonyl (C=O) groups excluding carboxylic acids is 3. The second-order valence-corrected chi connectivity index (χ2v) is 9.16. The highest BCUT2D eigenvalue weighted by atomic mass is 19.1. The number of pyridine rings is 1. The summed E-state index contributed by atoms with van der Waals surface area (Å²) >= 11 is 0. The maximum Gasteiger partial charge on any atom is 0.271 e. The monoisotopic (exact) mass is 508 g/mol. The predicted molar refractivity (Wildman–Crippen MR) is 141 cm³/mol. The topological polar surface area (TPSA) is 93.5 Å². The van der Waals surface area contributed by atoms with E-state index in [9.17, 15) is 18.8 Å². The Morgan fingerprint density at radius 1 is 1.03 bits per heavy atom. The van der Waals surface area contributed by atoms with Gasteiger partial charge in [0, 0.05) is 22.0 Å². The highest BCUT2D eigenvalue weighted by molar-refractivity contribution is 6.16. The van der Waals surface area contributed by atoms with E-state index in [1.807, 2.05) is 24.3 Å². The van der Waals surface area contributed by atoms with E-state index in [0.29, 0.717) is 45.5 Å². The molecule has 0 saturated carbocycles. The van der Waals surface area contributed by atoms with Gasteiger partial charge in [-0.25, -0.2) is 9.37 Å². The van der Waals surface area contributed by atoms with Crippen molar-refractivity contribution in [1.29, 1.82) is 0 Å². The molecule has 188 valence electrons. The van der Waals surface area contributed by atoms with Gasteiger partial charge in [-0.2, -0.15) is 0 Å².